The predicted molar refractivity (Wildman–Crippen MR) is 174 cm³/mol. The minimum absolute atomic E-state index is 0.199. The topological polar surface area (TPSA) is 120 Å². The minimum atomic E-state index is -0.544. The Balaban J connectivity index is 1.20. The van der Waals surface area contributed by atoms with E-state index in [-0.39, 0.29) is 24.7 Å². The van der Waals surface area contributed by atoms with Gasteiger partial charge in [-0.05, 0) is 83.1 Å². The highest BCUT2D eigenvalue weighted by molar-refractivity contribution is 8.18. The number of para-hydroxylation sites is 1. The summed E-state index contributed by atoms with van der Waals surface area (Å²) < 4.78 is 22.8. The number of thioether (sulfide) groups is 1. The van der Waals surface area contributed by atoms with Crippen LogP contribution in [-0.4, -0.2) is 49.0 Å². The lowest BCUT2D eigenvalue weighted by molar-refractivity contribution is -0.127. The lowest BCUT2D eigenvalue weighted by atomic mass is 10.1. The van der Waals surface area contributed by atoms with Crippen molar-refractivity contribution >= 4 is 46.9 Å². The van der Waals surface area contributed by atoms with Gasteiger partial charge in [0.2, 0.25) is 5.91 Å². The SMILES string of the molecule is COc1cc(C=O)ccc1OCc1cccc(COc2ccc(/C=C3\SC(=O)N(CC(=O)Nc4ccccc4)C3=O)cc2OC)c1. The number of ether oxygens (including phenoxy) is 4. The Morgan fingerprint density at radius 3 is 1.98 bits per heavy atom. The van der Waals surface area contributed by atoms with Gasteiger partial charge in [0.25, 0.3) is 11.1 Å². The van der Waals surface area contributed by atoms with E-state index < -0.39 is 17.1 Å². The van der Waals surface area contributed by atoms with Gasteiger partial charge < -0.3 is 24.3 Å². The standard InChI is InChI=1S/C35H30N2O8S/c1-42-30-16-23(18-32-34(40)37(35(41)46-32)19-33(39)36-27-9-4-3-5-10-27)11-13-28(30)44-21-25-7-6-8-26(15-25)22-45-29-14-12-24(20-38)17-31(29)43-2/h3-18,20H,19,21-22H2,1-2H3,(H,36,39)/b32-18-. The Kier molecular flexibility index (Phi) is 10.4. The molecule has 0 atom stereocenters. The molecule has 1 aliphatic heterocycles. The summed E-state index contributed by atoms with van der Waals surface area (Å²) in [6.45, 7) is 0.152. The van der Waals surface area contributed by atoms with Crippen LogP contribution < -0.4 is 24.3 Å². The number of nitrogens with one attached hydrogen (secondary N) is 1. The van der Waals surface area contributed by atoms with E-state index in [0.29, 0.717) is 39.8 Å². The van der Waals surface area contributed by atoms with Crippen molar-refractivity contribution in [2.24, 2.45) is 0 Å². The molecule has 0 saturated carbocycles. The molecule has 1 saturated heterocycles. The van der Waals surface area contributed by atoms with E-state index in [9.17, 15) is 19.2 Å². The number of aldehydes is 1. The van der Waals surface area contributed by atoms with Crippen molar-refractivity contribution in [3.63, 3.8) is 0 Å². The van der Waals surface area contributed by atoms with Gasteiger partial charge in [-0.3, -0.25) is 24.1 Å². The zero-order chi connectivity index (χ0) is 32.5. The molecule has 10 nitrogen and oxygen atoms in total. The fourth-order valence-electron chi connectivity index (χ4n) is 4.55. The third kappa shape index (κ3) is 7.93. The molecular formula is C35H30N2O8S. The number of benzene rings is 4. The molecule has 3 amide bonds. The molecule has 4 aromatic rings. The highest BCUT2D eigenvalue weighted by atomic mass is 32.2. The number of imide groups is 1. The van der Waals surface area contributed by atoms with Gasteiger partial charge in [0, 0.05) is 11.3 Å². The first-order valence-corrected chi connectivity index (χ1v) is 14.9. The summed E-state index contributed by atoms with van der Waals surface area (Å²) in [5, 5.41) is 2.16. The number of nitrogens with zero attached hydrogens (tertiary/aromatic N) is 1. The first-order chi connectivity index (χ1) is 22.4. The Labute approximate surface area is 269 Å². The zero-order valence-electron chi connectivity index (χ0n) is 25.1. The number of carbonyl (C=O) groups is 4. The normalized spacial score (nSPS) is 13.4. The Hall–Kier alpha value is -5.55. The molecule has 234 valence electrons. The number of anilines is 1. The second kappa shape index (κ2) is 15.0. The lowest BCUT2D eigenvalue weighted by Gasteiger charge is -2.13. The number of hydrogen-bond acceptors (Lipinski definition) is 9. The maximum absolute atomic E-state index is 13.0. The van der Waals surface area contributed by atoms with Gasteiger partial charge in [0.1, 0.15) is 26.0 Å². The summed E-state index contributed by atoms with van der Waals surface area (Å²) in [7, 11) is 3.03. The summed E-state index contributed by atoms with van der Waals surface area (Å²) in [6, 6.07) is 26.7. The summed E-state index contributed by atoms with van der Waals surface area (Å²) in [6.07, 6.45) is 2.33. The van der Waals surface area contributed by atoms with Crippen LogP contribution in [0.25, 0.3) is 6.08 Å². The van der Waals surface area contributed by atoms with Crippen molar-refractivity contribution in [3.05, 3.63) is 118 Å². The monoisotopic (exact) mass is 638 g/mol. The Bertz CT molecular complexity index is 1790. The van der Waals surface area contributed by atoms with E-state index in [1.165, 1.54) is 14.2 Å². The van der Waals surface area contributed by atoms with Gasteiger partial charge in [-0.1, -0.05) is 42.5 Å². The lowest BCUT2D eigenvalue weighted by Crippen LogP contribution is -2.36. The maximum Gasteiger partial charge on any atom is 0.294 e. The molecular weight excluding hydrogens is 608 g/mol. The Morgan fingerprint density at radius 2 is 1.37 bits per heavy atom. The van der Waals surface area contributed by atoms with Gasteiger partial charge in [0.05, 0.1) is 19.1 Å². The molecule has 1 fully saturated rings. The Morgan fingerprint density at radius 1 is 0.761 bits per heavy atom. The van der Waals surface area contributed by atoms with Crippen molar-refractivity contribution < 1.29 is 38.1 Å². The van der Waals surface area contributed by atoms with Crippen molar-refractivity contribution in [1.29, 1.82) is 0 Å². The molecule has 0 unspecified atom stereocenters. The summed E-state index contributed by atoms with van der Waals surface area (Å²) >= 11 is 0.773. The highest BCUT2D eigenvalue weighted by Crippen LogP contribution is 2.35. The molecule has 0 bridgehead atoms. The maximum atomic E-state index is 13.0. The second-order valence-corrected chi connectivity index (χ2v) is 11.0. The second-order valence-electron chi connectivity index (χ2n) is 10.0. The number of amides is 3. The molecule has 0 aromatic heterocycles. The average Bonchev–Trinajstić information content (AvgIpc) is 3.34. The largest absolute Gasteiger partial charge is 0.493 e. The zero-order valence-corrected chi connectivity index (χ0v) is 25.9. The first kappa shape index (κ1) is 31.9. The van der Waals surface area contributed by atoms with Crippen LogP contribution >= 0.6 is 11.8 Å². The molecule has 1 N–H and O–H groups in total. The number of methoxy groups -OCH3 is 2. The van der Waals surface area contributed by atoms with Crippen molar-refractivity contribution in [2.75, 3.05) is 26.1 Å². The third-order valence-corrected chi connectivity index (χ3v) is 7.73. The van der Waals surface area contributed by atoms with Crippen LogP contribution in [0.2, 0.25) is 0 Å². The number of hydrogen-bond donors (Lipinski definition) is 1. The van der Waals surface area contributed by atoms with Gasteiger partial charge in [-0.15, -0.1) is 0 Å². The van der Waals surface area contributed by atoms with Crippen molar-refractivity contribution in [2.45, 2.75) is 13.2 Å². The van der Waals surface area contributed by atoms with Crippen molar-refractivity contribution in [3.8, 4) is 23.0 Å². The van der Waals surface area contributed by atoms with Crippen LogP contribution in [0.4, 0.5) is 10.5 Å². The van der Waals surface area contributed by atoms with Gasteiger partial charge in [-0.2, -0.15) is 0 Å². The molecule has 4 aromatic carbocycles. The van der Waals surface area contributed by atoms with Gasteiger partial charge >= 0.3 is 0 Å². The summed E-state index contributed by atoms with van der Waals surface area (Å²) in [4.78, 5) is 50.1. The van der Waals surface area contributed by atoms with E-state index in [2.05, 4.69) is 5.32 Å². The van der Waals surface area contributed by atoms with Crippen LogP contribution in [0, 0.1) is 0 Å². The number of rotatable bonds is 13. The molecule has 0 radical (unpaired) electrons. The van der Waals surface area contributed by atoms with Gasteiger partial charge in [-0.25, -0.2) is 0 Å². The summed E-state index contributed by atoms with van der Waals surface area (Å²) in [5.74, 6) is 0.922. The van der Waals surface area contributed by atoms with E-state index in [1.54, 1.807) is 66.7 Å². The molecule has 0 aliphatic carbocycles. The molecule has 46 heavy (non-hydrogen) atoms. The van der Waals surface area contributed by atoms with E-state index >= 15 is 0 Å². The highest BCUT2D eigenvalue weighted by Gasteiger charge is 2.36. The molecule has 0 spiro atoms. The van der Waals surface area contributed by atoms with Crippen LogP contribution in [-0.2, 0) is 22.8 Å². The minimum Gasteiger partial charge on any atom is -0.493 e. The van der Waals surface area contributed by atoms with E-state index in [0.717, 1.165) is 34.1 Å². The molecule has 1 aliphatic rings. The fraction of sp³-hybridized carbons (Fsp3) is 0.143. The fourth-order valence-corrected chi connectivity index (χ4v) is 5.39. The molecule has 5 rings (SSSR count). The van der Waals surface area contributed by atoms with Crippen molar-refractivity contribution in [1.82, 2.24) is 4.90 Å². The number of carbonyl (C=O) groups excluding carboxylic acids is 4. The summed E-state index contributed by atoms with van der Waals surface area (Å²) in [5.41, 5.74) is 3.51. The average molecular weight is 639 g/mol. The smallest absolute Gasteiger partial charge is 0.294 e. The van der Waals surface area contributed by atoms with Crippen LogP contribution in [0.1, 0.15) is 27.0 Å². The third-order valence-electron chi connectivity index (χ3n) is 6.82. The van der Waals surface area contributed by atoms with Gasteiger partial charge in [0.15, 0.2) is 23.0 Å². The van der Waals surface area contributed by atoms with Crippen LogP contribution in [0.5, 0.6) is 23.0 Å². The predicted octanol–water partition coefficient (Wildman–Crippen LogP) is 6.35. The molecule has 11 heteroatoms. The quantitative estimate of drug-likeness (QED) is 0.132. The van der Waals surface area contributed by atoms with Crippen LogP contribution in [0.15, 0.2) is 95.9 Å². The van der Waals surface area contributed by atoms with E-state index in [4.69, 9.17) is 18.9 Å². The van der Waals surface area contributed by atoms with Crippen LogP contribution in [0.3, 0.4) is 0 Å². The van der Waals surface area contributed by atoms with E-state index in [1.807, 2.05) is 30.3 Å². The first-order valence-electron chi connectivity index (χ1n) is 14.1. The molecule has 1 heterocycles.